The summed E-state index contributed by atoms with van der Waals surface area (Å²) in [5.74, 6) is 0. The second-order valence-corrected chi connectivity index (χ2v) is 2.68. The SMILES string of the molecule is C=C[C@H](N)c1cccc(C)c1.Cl. The predicted molar refractivity (Wildman–Crippen MR) is 55.6 cm³/mol. The molecule has 0 amide bonds. The van der Waals surface area contributed by atoms with E-state index >= 15 is 0 Å². The molecule has 1 nitrogen and oxygen atoms in total. The first-order valence-corrected chi connectivity index (χ1v) is 3.68. The summed E-state index contributed by atoms with van der Waals surface area (Å²) in [4.78, 5) is 0. The predicted octanol–water partition coefficient (Wildman–Crippen LogP) is 2.60. The number of hydrogen-bond donors (Lipinski definition) is 1. The van der Waals surface area contributed by atoms with E-state index in [-0.39, 0.29) is 18.4 Å². The van der Waals surface area contributed by atoms with Crippen molar-refractivity contribution in [2.75, 3.05) is 0 Å². The highest BCUT2D eigenvalue weighted by atomic mass is 35.5. The third-order valence-corrected chi connectivity index (χ3v) is 1.68. The van der Waals surface area contributed by atoms with Gasteiger partial charge in [-0.05, 0) is 12.5 Å². The molecule has 2 heteroatoms. The van der Waals surface area contributed by atoms with E-state index in [1.54, 1.807) is 6.08 Å². The van der Waals surface area contributed by atoms with Gasteiger partial charge in [-0.1, -0.05) is 35.9 Å². The first-order valence-electron chi connectivity index (χ1n) is 3.68. The summed E-state index contributed by atoms with van der Waals surface area (Å²) in [6, 6.07) is 8.12. The number of benzene rings is 1. The van der Waals surface area contributed by atoms with E-state index in [1.165, 1.54) is 5.56 Å². The maximum atomic E-state index is 5.75. The van der Waals surface area contributed by atoms with E-state index < -0.39 is 0 Å². The number of nitrogens with two attached hydrogens (primary N) is 1. The van der Waals surface area contributed by atoms with Gasteiger partial charge in [-0.15, -0.1) is 19.0 Å². The highest BCUT2D eigenvalue weighted by Crippen LogP contribution is 2.11. The molecule has 1 aromatic carbocycles. The fourth-order valence-electron chi connectivity index (χ4n) is 1.01. The van der Waals surface area contributed by atoms with Crippen molar-refractivity contribution in [2.45, 2.75) is 13.0 Å². The van der Waals surface area contributed by atoms with Crippen LogP contribution in [-0.4, -0.2) is 0 Å². The molecule has 1 rings (SSSR count). The van der Waals surface area contributed by atoms with Crippen LogP contribution in [0.2, 0.25) is 0 Å². The van der Waals surface area contributed by atoms with Crippen LogP contribution in [0.15, 0.2) is 36.9 Å². The molecule has 0 unspecified atom stereocenters. The molecule has 66 valence electrons. The highest BCUT2D eigenvalue weighted by molar-refractivity contribution is 5.85. The Hall–Kier alpha value is -0.790. The van der Waals surface area contributed by atoms with Gasteiger partial charge < -0.3 is 5.73 Å². The zero-order chi connectivity index (χ0) is 8.27. The van der Waals surface area contributed by atoms with E-state index in [2.05, 4.69) is 25.6 Å². The summed E-state index contributed by atoms with van der Waals surface area (Å²) >= 11 is 0. The molecule has 0 heterocycles. The Kier molecular flexibility index (Phi) is 4.64. The number of rotatable bonds is 2. The minimum absolute atomic E-state index is 0. The molecule has 0 aromatic heterocycles. The van der Waals surface area contributed by atoms with Gasteiger partial charge in [0.05, 0.1) is 0 Å². The van der Waals surface area contributed by atoms with Crippen molar-refractivity contribution < 1.29 is 0 Å². The number of hydrogen-bond acceptors (Lipinski definition) is 1. The molecule has 0 radical (unpaired) electrons. The molecule has 0 bridgehead atoms. The third kappa shape index (κ3) is 2.68. The van der Waals surface area contributed by atoms with E-state index in [1.807, 2.05) is 12.1 Å². The molecule has 1 atom stereocenters. The van der Waals surface area contributed by atoms with Crippen molar-refractivity contribution >= 4 is 12.4 Å². The fourth-order valence-corrected chi connectivity index (χ4v) is 1.01. The molecule has 0 aliphatic heterocycles. The van der Waals surface area contributed by atoms with Gasteiger partial charge in [0.25, 0.3) is 0 Å². The van der Waals surface area contributed by atoms with Crippen molar-refractivity contribution in [2.24, 2.45) is 5.73 Å². The fraction of sp³-hybridized carbons (Fsp3) is 0.200. The van der Waals surface area contributed by atoms with Crippen molar-refractivity contribution in [1.82, 2.24) is 0 Å². The van der Waals surface area contributed by atoms with Crippen LogP contribution >= 0.6 is 12.4 Å². The first-order chi connectivity index (χ1) is 5.24. The smallest absolute Gasteiger partial charge is 0.0478 e. The van der Waals surface area contributed by atoms with Crippen LogP contribution < -0.4 is 5.73 Å². The Morgan fingerprint density at radius 2 is 2.17 bits per heavy atom. The van der Waals surface area contributed by atoms with Crippen molar-refractivity contribution in [3.63, 3.8) is 0 Å². The normalized spacial score (nSPS) is 11.5. The van der Waals surface area contributed by atoms with Gasteiger partial charge in [-0.3, -0.25) is 0 Å². The van der Waals surface area contributed by atoms with Crippen LogP contribution in [0.5, 0.6) is 0 Å². The third-order valence-electron chi connectivity index (χ3n) is 1.68. The minimum Gasteiger partial charge on any atom is -0.321 e. The zero-order valence-electron chi connectivity index (χ0n) is 7.16. The lowest BCUT2D eigenvalue weighted by Crippen LogP contribution is -2.06. The molecule has 0 aliphatic carbocycles. The van der Waals surface area contributed by atoms with Crippen molar-refractivity contribution in [1.29, 1.82) is 0 Å². The highest BCUT2D eigenvalue weighted by Gasteiger charge is 1.98. The Labute approximate surface area is 79.7 Å². The quantitative estimate of drug-likeness (QED) is 0.701. The molecule has 0 spiro atoms. The lowest BCUT2D eigenvalue weighted by atomic mass is 10.1. The second-order valence-electron chi connectivity index (χ2n) is 2.68. The first kappa shape index (κ1) is 11.2. The van der Waals surface area contributed by atoms with Crippen molar-refractivity contribution in [3.8, 4) is 0 Å². The largest absolute Gasteiger partial charge is 0.321 e. The topological polar surface area (TPSA) is 26.0 Å². The Balaban J connectivity index is 0.00000121. The average molecular weight is 184 g/mol. The summed E-state index contributed by atoms with van der Waals surface area (Å²) < 4.78 is 0. The molecule has 2 N–H and O–H groups in total. The van der Waals surface area contributed by atoms with Gasteiger partial charge in [-0.2, -0.15) is 0 Å². The van der Waals surface area contributed by atoms with Gasteiger partial charge in [0.1, 0.15) is 0 Å². The van der Waals surface area contributed by atoms with Gasteiger partial charge in [0.2, 0.25) is 0 Å². The molecule has 0 fully saturated rings. The van der Waals surface area contributed by atoms with Crippen LogP contribution in [0.4, 0.5) is 0 Å². The molecule has 0 aliphatic rings. The zero-order valence-corrected chi connectivity index (χ0v) is 7.97. The lowest BCUT2D eigenvalue weighted by molar-refractivity contribution is 0.912. The number of halogens is 1. The van der Waals surface area contributed by atoms with Crippen LogP contribution in [0.3, 0.4) is 0 Å². The van der Waals surface area contributed by atoms with E-state index in [4.69, 9.17) is 5.73 Å². The Morgan fingerprint density at radius 1 is 1.50 bits per heavy atom. The number of aryl methyl sites for hydroxylation is 1. The second kappa shape index (κ2) is 4.96. The molecule has 12 heavy (non-hydrogen) atoms. The lowest BCUT2D eigenvalue weighted by Gasteiger charge is -2.06. The minimum atomic E-state index is -0.0325. The Morgan fingerprint density at radius 3 is 2.67 bits per heavy atom. The Bertz CT molecular complexity index is 258. The molecule has 1 aromatic rings. The van der Waals surface area contributed by atoms with Crippen LogP contribution in [0, 0.1) is 6.92 Å². The summed E-state index contributed by atoms with van der Waals surface area (Å²) in [6.45, 7) is 5.70. The summed E-state index contributed by atoms with van der Waals surface area (Å²) in [6.07, 6.45) is 1.74. The standard InChI is InChI=1S/C10H13N.ClH/c1-3-10(11)9-6-4-5-8(2)7-9;/h3-7,10H,1,11H2,2H3;1H/t10-;/m0./s1. The van der Waals surface area contributed by atoms with Gasteiger partial charge in [0, 0.05) is 6.04 Å². The van der Waals surface area contributed by atoms with Crippen molar-refractivity contribution in [3.05, 3.63) is 48.0 Å². The van der Waals surface area contributed by atoms with Gasteiger partial charge in [-0.25, -0.2) is 0 Å². The van der Waals surface area contributed by atoms with Gasteiger partial charge >= 0.3 is 0 Å². The van der Waals surface area contributed by atoms with Gasteiger partial charge in [0.15, 0.2) is 0 Å². The maximum Gasteiger partial charge on any atom is 0.0478 e. The molecule has 0 saturated heterocycles. The summed E-state index contributed by atoms with van der Waals surface area (Å²) in [5, 5.41) is 0. The van der Waals surface area contributed by atoms with Crippen LogP contribution in [-0.2, 0) is 0 Å². The average Bonchev–Trinajstić information content (AvgIpc) is 2.03. The van der Waals surface area contributed by atoms with E-state index in [0.29, 0.717) is 0 Å². The van der Waals surface area contributed by atoms with E-state index in [9.17, 15) is 0 Å². The maximum absolute atomic E-state index is 5.75. The summed E-state index contributed by atoms with van der Waals surface area (Å²) in [5.41, 5.74) is 8.11. The summed E-state index contributed by atoms with van der Waals surface area (Å²) in [7, 11) is 0. The molecular weight excluding hydrogens is 170 g/mol. The molecule has 0 saturated carbocycles. The van der Waals surface area contributed by atoms with E-state index in [0.717, 1.165) is 5.56 Å². The monoisotopic (exact) mass is 183 g/mol. The van der Waals surface area contributed by atoms with Crippen LogP contribution in [0.1, 0.15) is 17.2 Å². The molecular formula is C10H14ClN. The van der Waals surface area contributed by atoms with Crippen LogP contribution in [0.25, 0.3) is 0 Å².